The fraction of sp³-hybridized carbons (Fsp3) is 0.286. The van der Waals surface area contributed by atoms with Crippen molar-refractivity contribution in [3.05, 3.63) is 56.6 Å². The lowest BCUT2D eigenvalue weighted by Crippen LogP contribution is -2.24. The minimum atomic E-state index is -0.285. The Morgan fingerprint density at radius 2 is 2.14 bits per heavy atom. The van der Waals surface area contributed by atoms with E-state index in [4.69, 9.17) is 23.2 Å². The minimum absolute atomic E-state index is 0.0366. The number of halogens is 2. The van der Waals surface area contributed by atoms with Crippen molar-refractivity contribution in [2.75, 3.05) is 11.9 Å². The molecular weight excluding hydrogens is 313 g/mol. The van der Waals surface area contributed by atoms with Gasteiger partial charge in [0.2, 0.25) is 0 Å². The average molecular weight is 328 g/mol. The van der Waals surface area contributed by atoms with Gasteiger partial charge in [0, 0.05) is 26.0 Å². The average Bonchev–Trinajstić information content (AvgIpc) is 2.46. The third-order valence-electron chi connectivity index (χ3n) is 3.09. The minimum Gasteiger partial charge on any atom is -0.396 e. The quantitative estimate of drug-likeness (QED) is 0.885. The van der Waals surface area contributed by atoms with E-state index in [2.05, 4.69) is 10.3 Å². The van der Waals surface area contributed by atoms with Gasteiger partial charge in [-0.3, -0.25) is 4.79 Å². The molecule has 21 heavy (non-hydrogen) atoms. The van der Waals surface area contributed by atoms with Crippen LogP contribution in [0.3, 0.4) is 0 Å². The molecule has 1 heterocycles. The van der Waals surface area contributed by atoms with Gasteiger partial charge in [-0.25, -0.2) is 4.98 Å². The SMILES string of the molecule is Cn1ccnc(NC(CCO)c2ccc(Cl)c(Cl)c2)c1=O. The molecule has 1 unspecified atom stereocenters. The van der Waals surface area contributed by atoms with E-state index in [1.807, 2.05) is 0 Å². The van der Waals surface area contributed by atoms with Crippen molar-refractivity contribution < 1.29 is 5.11 Å². The molecule has 0 aliphatic carbocycles. The highest BCUT2D eigenvalue weighted by Gasteiger charge is 2.15. The fourth-order valence-electron chi connectivity index (χ4n) is 1.94. The Balaban J connectivity index is 2.32. The molecule has 1 atom stereocenters. The molecule has 2 rings (SSSR count). The number of rotatable bonds is 5. The maximum absolute atomic E-state index is 12.0. The van der Waals surface area contributed by atoms with Gasteiger partial charge < -0.3 is 15.0 Å². The van der Waals surface area contributed by atoms with Crippen molar-refractivity contribution in [2.24, 2.45) is 7.05 Å². The summed E-state index contributed by atoms with van der Waals surface area (Å²) in [7, 11) is 1.65. The topological polar surface area (TPSA) is 67.2 Å². The Bertz CT molecular complexity index is 688. The number of nitrogens with one attached hydrogen (secondary N) is 1. The van der Waals surface area contributed by atoms with Crippen LogP contribution in [-0.4, -0.2) is 21.3 Å². The van der Waals surface area contributed by atoms with Crippen molar-refractivity contribution in [1.82, 2.24) is 9.55 Å². The number of nitrogens with zero attached hydrogens (tertiary/aromatic N) is 2. The van der Waals surface area contributed by atoms with Crippen LogP contribution in [0.1, 0.15) is 18.0 Å². The van der Waals surface area contributed by atoms with Crippen LogP contribution >= 0.6 is 23.2 Å². The van der Waals surface area contributed by atoms with Crippen LogP contribution in [0.4, 0.5) is 5.82 Å². The highest BCUT2D eigenvalue weighted by Crippen LogP contribution is 2.28. The standard InChI is InChI=1S/C14H15Cl2N3O2/c1-19-6-5-17-13(14(19)21)18-12(4-7-20)9-2-3-10(15)11(16)8-9/h2-3,5-6,8,12,20H,4,7H2,1H3,(H,17,18). The van der Waals surface area contributed by atoms with Crippen LogP contribution in [0.15, 0.2) is 35.4 Å². The smallest absolute Gasteiger partial charge is 0.293 e. The maximum Gasteiger partial charge on any atom is 0.293 e. The van der Waals surface area contributed by atoms with E-state index in [0.29, 0.717) is 16.5 Å². The molecule has 0 bridgehead atoms. The molecule has 1 aromatic carbocycles. The molecule has 0 radical (unpaired) electrons. The van der Waals surface area contributed by atoms with Gasteiger partial charge in [-0.05, 0) is 24.1 Å². The van der Waals surface area contributed by atoms with Crippen molar-refractivity contribution in [2.45, 2.75) is 12.5 Å². The van der Waals surface area contributed by atoms with Crippen molar-refractivity contribution in [1.29, 1.82) is 0 Å². The Labute approximate surface area is 132 Å². The molecule has 5 nitrogen and oxygen atoms in total. The molecule has 112 valence electrons. The highest BCUT2D eigenvalue weighted by molar-refractivity contribution is 6.42. The van der Waals surface area contributed by atoms with Crippen LogP contribution in [-0.2, 0) is 7.05 Å². The summed E-state index contributed by atoms with van der Waals surface area (Å²) in [4.78, 5) is 16.0. The van der Waals surface area contributed by atoms with Gasteiger partial charge in [0.1, 0.15) is 0 Å². The van der Waals surface area contributed by atoms with Crippen LogP contribution in [0, 0.1) is 0 Å². The summed E-state index contributed by atoms with van der Waals surface area (Å²) in [5.41, 5.74) is 0.589. The van der Waals surface area contributed by atoms with Gasteiger partial charge in [0.05, 0.1) is 16.1 Å². The number of hydrogen-bond acceptors (Lipinski definition) is 4. The molecule has 1 aromatic heterocycles. The van der Waals surface area contributed by atoms with Crippen molar-refractivity contribution in [3.63, 3.8) is 0 Å². The fourth-order valence-corrected chi connectivity index (χ4v) is 2.25. The van der Waals surface area contributed by atoms with Gasteiger partial charge in [-0.1, -0.05) is 29.3 Å². The zero-order valence-corrected chi connectivity index (χ0v) is 12.9. The van der Waals surface area contributed by atoms with Gasteiger partial charge in [0.25, 0.3) is 5.56 Å². The molecule has 0 saturated heterocycles. The number of aliphatic hydroxyl groups is 1. The van der Waals surface area contributed by atoms with Crippen LogP contribution in [0.2, 0.25) is 10.0 Å². The Morgan fingerprint density at radius 3 is 2.81 bits per heavy atom. The predicted octanol–water partition coefficient (Wildman–Crippen LogP) is 2.62. The van der Waals surface area contributed by atoms with Crippen LogP contribution < -0.4 is 10.9 Å². The lowest BCUT2D eigenvalue weighted by molar-refractivity contribution is 0.280. The predicted molar refractivity (Wildman–Crippen MR) is 84.0 cm³/mol. The maximum atomic E-state index is 12.0. The number of aliphatic hydroxyl groups excluding tert-OH is 1. The second-order valence-electron chi connectivity index (χ2n) is 4.57. The Hall–Kier alpha value is -1.56. The van der Waals surface area contributed by atoms with Crippen LogP contribution in [0.25, 0.3) is 0 Å². The molecule has 2 aromatic rings. The summed E-state index contributed by atoms with van der Waals surface area (Å²) in [5, 5.41) is 13.1. The second kappa shape index (κ2) is 6.93. The summed E-state index contributed by atoms with van der Waals surface area (Å²) in [5.74, 6) is 0.226. The van der Waals surface area contributed by atoms with E-state index in [9.17, 15) is 9.90 Å². The number of aromatic nitrogens is 2. The first-order valence-corrected chi connectivity index (χ1v) is 7.12. The third-order valence-corrected chi connectivity index (χ3v) is 3.83. The van der Waals surface area contributed by atoms with Crippen LogP contribution in [0.5, 0.6) is 0 Å². The molecule has 0 aliphatic rings. The first-order chi connectivity index (χ1) is 10.0. The van der Waals surface area contributed by atoms with Gasteiger partial charge in [-0.2, -0.15) is 0 Å². The first kappa shape index (κ1) is 15.8. The molecule has 0 spiro atoms. The molecule has 7 heteroatoms. The van der Waals surface area contributed by atoms with E-state index in [0.717, 1.165) is 5.56 Å². The number of anilines is 1. The van der Waals surface area contributed by atoms with Crippen molar-refractivity contribution >= 4 is 29.0 Å². The first-order valence-electron chi connectivity index (χ1n) is 6.37. The van der Waals surface area contributed by atoms with Gasteiger partial charge in [-0.15, -0.1) is 0 Å². The monoisotopic (exact) mass is 327 g/mol. The van der Waals surface area contributed by atoms with E-state index in [-0.39, 0.29) is 24.0 Å². The van der Waals surface area contributed by atoms with E-state index < -0.39 is 0 Å². The van der Waals surface area contributed by atoms with Gasteiger partial charge in [0.15, 0.2) is 5.82 Å². The van der Waals surface area contributed by atoms with E-state index in [1.165, 1.54) is 10.8 Å². The Kier molecular flexibility index (Phi) is 5.22. The zero-order valence-electron chi connectivity index (χ0n) is 11.4. The van der Waals surface area contributed by atoms with Gasteiger partial charge >= 0.3 is 0 Å². The third kappa shape index (κ3) is 3.75. The molecule has 0 aliphatic heterocycles. The highest BCUT2D eigenvalue weighted by atomic mass is 35.5. The molecule has 0 fully saturated rings. The largest absolute Gasteiger partial charge is 0.396 e. The summed E-state index contributed by atoms with van der Waals surface area (Å²) in [6.45, 7) is -0.0366. The molecule has 2 N–H and O–H groups in total. The molecule has 0 saturated carbocycles. The summed E-state index contributed by atoms with van der Waals surface area (Å²) in [6, 6.07) is 4.91. The number of benzene rings is 1. The number of hydrogen-bond donors (Lipinski definition) is 2. The lowest BCUT2D eigenvalue weighted by Gasteiger charge is -2.19. The van der Waals surface area contributed by atoms with E-state index >= 15 is 0 Å². The summed E-state index contributed by atoms with van der Waals surface area (Å²) >= 11 is 11.9. The molecular formula is C14H15Cl2N3O2. The lowest BCUT2D eigenvalue weighted by atomic mass is 10.0. The Morgan fingerprint density at radius 1 is 1.38 bits per heavy atom. The number of aryl methyl sites for hydroxylation is 1. The molecule has 0 amide bonds. The summed E-state index contributed by atoms with van der Waals surface area (Å²) in [6.07, 6.45) is 3.53. The van der Waals surface area contributed by atoms with E-state index in [1.54, 1.807) is 31.4 Å². The normalized spacial score (nSPS) is 12.2. The van der Waals surface area contributed by atoms with Crippen molar-refractivity contribution in [3.8, 4) is 0 Å². The zero-order chi connectivity index (χ0) is 15.4. The second-order valence-corrected chi connectivity index (χ2v) is 5.39. The summed E-state index contributed by atoms with van der Waals surface area (Å²) < 4.78 is 1.43.